The lowest BCUT2D eigenvalue weighted by Gasteiger charge is -2.09. The van der Waals surface area contributed by atoms with Crippen molar-refractivity contribution in [3.05, 3.63) is 0 Å². The molecule has 1 atom stereocenters. The van der Waals surface area contributed by atoms with E-state index in [-0.39, 0.29) is 12.3 Å². The van der Waals surface area contributed by atoms with Gasteiger partial charge in [-0.1, -0.05) is 5.92 Å². The standard InChI is InChI=1S/C9H13NO3/c1-4-8(10-7(3)11)6-9(12)13-5-2/h1,8H,5-6H2,2-3H3,(H,10,11). The highest BCUT2D eigenvalue weighted by Gasteiger charge is 2.12. The molecule has 13 heavy (non-hydrogen) atoms. The van der Waals surface area contributed by atoms with Crippen molar-refractivity contribution in [3.8, 4) is 12.3 Å². The zero-order valence-corrected chi connectivity index (χ0v) is 7.79. The van der Waals surface area contributed by atoms with E-state index in [1.807, 2.05) is 0 Å². The van der Waals surface area contributed by atoms with Gasteiger partial charge in [0.2, 0.25) is 5.91 Å². The minimum Gasteiger partial charge on any atom is -0.466 e. The molecular weight excluding hydrogens is 170 g/mol. The van der Waals surface area contributed by atoms with Crippen LogP contribution in [0.5, 0.6) is 0 Å². The molecule has 0 fully saturated rings. The summed E-state index contributed by atoms with van der Waals surface area (Å²) in [5.74, 6) is 1.63. The van der Waals surface area contributed by atoms with E-state index in [0.29, 0.717) is 6.61 Å². The second kappa shape index (κ2) is 6.06. The van der Waals surface area contributed by atoms with Crippen LogP contribution in [0.1, 0.15) is 20.3 Å². The normalized spacial score (nSPS) is 11.2. The fourth-order valence-electron chi connectivity index (χ4n) is 0.784. The molecule has 0 heterocycles. The number of carbonyl (C=O) groups is 2. The topological polar surface area (TPSA) is 55.4 Å². The number of esters is 1. The molecule has 0 bridgehead atoms. The number of ether oxygens (including phenoxy) is 1. The first-order valence-corrected chi connectivity index (χ1v) is 3.99. The third kappa shape index (κ3) is 5.74. The van der Waals surface area contributed by atoms with Gasteiger partial charge in [-0.25, -0.2) is 0 Å². The average Bonchev–Trinajstić information content (AvgIpc) is 2.02. The predicted molar refractivity (Wildman–Crippen MR) is 47.7 cm³/mol. The van der Waals surface area contributed by atoms with Gasteiger partial charge in [0.1, 0.15) is 6.04 Å². The maximum absolute atomic E-state index is 10.9. The van der Waals surface area contributed by atoms with Gasteiger partial charge in [-0.05, 0) is 6.92 Å². The van der Waals surface area contributed by atoms with Gasteiger partial charge in [0.05, 0.1) is 13.0 Å². The molecule has 0 aliphatic rings. The van der Waals surface area contributed by atoms with Crippen LogP contribution in [0, 0.1) is 12.3 Å². The zero-order chi connectivity index (χ0) is 10.3. The number of nitrogens with one attached hydrogen (secondary N) is 1. The lowest BCUT2D eigenvalue weighted by molar-refractivity contribution is -0.143. The quantitative estimate of drug-likeness (QED) is 0.496. The van der Waals surface area contributed by atoms with Crippen LogP contribution in [0.25, 0.3) is 0 Å². The van der Waals surface area contributed by atoms with Gasteiger partial charge < -0.3 is 10.1 Å². The maximum Gasteiger partial charge on any atom is 0.308 e. The Morgan fingerprint density at radius 3 is 2.62 bits per heavy atom. The van der Waals surface area contributed by atoms with Gasteiger partial charge >= 0.3 is 5.97 Å². The van der Waals surface area contributed by atoms with Crippen molar-refractivity contribution in [2.75, 3.05) is 6.61 Å². The van der Waals surface area contributed by atoms with Crippen LogP contribution in [-0.4, -0.2) is 24.5 Å². The van der Waals surface area contributed by atoms with Crippen molar-refractivity contribution in [1.29, 1.82) is 0 Å². The van der Waals surface area contributed by atoms with Gasteiger partial charge in [-0.3, -0.25) is 9.59 Å². The summed E-state index contributed by atoms with van der Waals surface area (Å²) in [7, 11) is 0. The van der Waals surface area contributed by atoms with E-state index in [1.165, 1.54) is 6.92 Å². The molecule has 1 amide bonds. The molecule has 0 aliphatic heterocycles. The van der Waals surface area contributed by atoms with E-state index < -0.39 is 12.0 Å². The SMILES string of the molecule is C#CC(CC(=O)OCC)NC(C)=O. The van der Waals surface area contributed by atoms with Crippen LogP contribution in [0.15, 0.2) is 0 Å². The molecular formula is C9H13NO3. The summed E-state index contributed by atoms with van der Waals surface area (Å²) in [6.45, 7) is 3.37. The fourth-order valence-corrected chi connectivity index (χ4v) is 0.784. The Hall–Kier alpha value is -1.50. The van der Waals surface area contributed by atoms with E-state index in [4.69, 9.17) is 6.42 Å². The molecule has 0 aromatic rings. The molecule has 72 valence electrons. The van der Waals surface area contributed by atoms with Gasteiger partial charge in [0, 0.05) is 6.92 Å². The average molecular weight is 183 g/mol. The highest BCUT2D eigenvalue weighted by Crippen LogP contribution is 1.93. The Morgan fingerprint density at radius 2 is 2.23 bits per heavy atom. The van der Waals surface area contributed by atoms with Crippen LogP contribution in [0.4, 0.5) is 0 Å². The molecule has 4 heteroatoms. The van der Waals surface area contributed by atoms with Crippen LogP contribution in [0.3, 0.4) is 0 Å². The number of hydrogen-bond donors (Lipinski definition) is 1. The number of carbonyl (C=O) groups excluding carboxylic acids is 2. The summed E-state index contributed by atoms with van der Waals surface area (Å²) in [6.07, 6.45) is 5.11. The van der Waals surface area contributed by atoms with Gasteiger partial charge in [-0.15, -0.1) is 6.42 Å². The third-order valence-corrected chi connectivity index (χ3v) is 1.25. The van der Waals surface area contributed by atoms with Crippen molar-refractivity contribution < 1.29 is 14.3 Å². The molecule has 0 spiro atoms. The minimum atomic E-state index is -0.573. The number of hydrogen-bond acceptors (Lipinski definition) is 3. The molecule has 4 nitrogen and oxygen atoms in total. The van der Waals surface area contributed by atoms with Crippen molar-refractivity contribution in [2.45, 2.75) is 26.3 Å². The monoisotopic (exact) mass is 183 g/mol. The molecule has 1 unspecified atom stereocenters. The lowest BCUT2D eigenvalue weighted by Crippen LogP contribution is -2.34. The second-order valence-electron chi connectivity index (χ2n) is 2.43. The lowest BCUT2D eigenvalue weighted by atomic mass is 10.2. The molecule has 0 saturated heterocycles. The minimum absolute atomic E-state index is 0.0178. The van der Waals surface area contributed by atoms with Crippen molar-refractivity contribution >= 4 is 11.9 Å². The zero-order valence-electron chi connectivity index (χ0n) is 7.79. The maximum atomic E-state index is 10.9. The summed E-state index contributed by atoms with van der Waals surface area (Å²) >= 11 is 0. The molecule has 0 aliphatic carbocycles. The highest BCUT2D eigenvalue weighted by atomic mass is 16.5. The second-order valence-corrected chi connectivity index (χ2v) is 2.43. The van der Waals surface area contributed by atoms with E-state index in [2.05, 4.69) is 16.0 Å². The Morgan fingerprint density at radius 1 is 1.62 bits per heavy atom. The first-order chi connectivity index (χ1) is 6.10. The third-order valence-electron chi connectivity index (χ3n) is 1.25. The van der Waals surface area contributed by atoms with Gasteiger partial charge in [0.25, 0.3) is 0 Å². The Labute approximate surface area is 77.6 Å². The molecule has 0 aromatic carbocycles. The Kier molecular flexibility index (Phi) is 5.37. The Balaban J connectivity index is 3.92. The summed E-state index contributed by atoms with van der Waals surface area (Å²) in [4.78, 5) is 21.5. The molecule has 1 N–H and O–H groups in total. The first-order valence-electron chi connectivity index (χ1n) is 3.99. The van der Waals surface area contributed by atoms with Gasteiger partial charge in [0.15, 0.2) is 0 Å². The van der Waals surface area contributed by atoms with Crippen molar-refractivity contribution in [2.24, 2.45) is 0 Å². The first kappa shape index (κ1) is 11.5. The number of amides is 1. The largest absolute Gasteiger partial charge is 0.466 e. The Bertz CT molecular complexity index is 230. The molecule has 0 aromatic heterocycles. The van der Waals surface area contributed by atoms with E-state index >= 15 is 0 Å². The summed E-state index contributed by atoms with van der Waals surface area (Å²) in [6, 6.07) is -0.573. The van der Waals surface area contributed by atoms with Gasteiger partial charge in [-0.2, -0.15) is 0 Å². The fraction of sp³-hybridized carbons (Fsp3) is 0.556. The van der Waals surface area contributed by atoms with E-state index in [0.717, 1.165) is 0 Å². The number of terminal acetylenes is 1. The summed E-state index contributed by atoms with van der Waals surface area (Å²) in [5.41, 5.74) is 0. The van der Waals surface area contributed by atoms with Crippen LogP contribution in [0.2, 0.25) is 0 Å². The molecule has 0 radical (unpaired) electrons. The highest BCUT2D eigenvalue weighted by molar-refractivity contribution is 5.76. The predicted octanol–water partition coefficient (Wildman–Crippen LogP) is 0.0775. The summed E-state index contributed by atoms with van der Waals surface area (Å²) in [5, 5.41) is 2.44. The van der Waals surface area contributed by atoms with Crippen molar-refractivity contribution in [3.63, 3.8) is 0 Å². The number of rotatable bonds is 4. The van der Waals surface area contributed by atoms with E-state index in [1.54, 1.807) is 6.92 Å². The van der Waals surface area contributed by atoms with Crippen LogP contribution in [-0.2, 0) is 14.3 Å². The van der Waals surface area contributed by atoms with Crippen molar-refractivity contribution in [1.82, 2.24) is 5.32 Å². The summed E-state index contributed by atoms with van der Waals surface area (Å²) < 4.78 is 4.67. The van der Waals surface area contributed by atoms with Crippen LogP contribution >= 0.6 is 0 Å². The molecule has 0 rings (SSSR count). The van der Waals surface area contributed by atoms with E-state index in [9.17, 15) is 9.59 Å². The smallest absolute Gasteiger partial charge is 0.308 e. The van der Waals surface area contributed by atoms with Crippen LogP contribution < -0.4 is 5.32 Å². The molecule has 0 saturated carbocycles.